The van der Waals surface area contributed by atoms with Gasteiger partial charge in [0.2, 0.25) is 0 Å². The number of aromatic nitrogens is 1. The third kappa shape index (κ3) is 3.76. The van der Waals surface area contributed by atoms with Gasteiger partial charge in [-0.15, -0.1) is 0 Å². The number of hydrogen-bond acceptors (Lipinski definition) is 4. The van der Waals surface area contributed by atoms with Crippen LogP contribution in [-0.4, -0.2) is 16.0 Å². The Morgan fingerprint density at radius 1 is 1.19 bits per heavy atom. The predicted molar refractivity (Wildman–Crippen MR) is 86.0 cm³/mol. The van der Waals surface area contributed by atoms with Crippen molar-refractivity contribution in [1.29, 1.82) is 0 Å². The molecule has 110 valence electrons. The fourth-order valence-corrected chi connectivity index (χ4v) is 2.79. The standard InChI is InChI=1S/C16H19N3OS/c1-16(2,3)11-6-8-12(9-7-11)21-13-5-4-10-18-14(13)15(17)19-20/h4-10,20H,1-3H3,(H2,17,19). The molecule has 0 fully saturated rings. The van der Waals surface area contributed by atoms with Gasteiger partial charge in [-0.1, -0.05) is 49.8 Å². The number of oxime groups is 1. The quantitative estimate of drug-likeness (QED) is 0.393. The van der Waals surface area contributed by atoms with Gasteiger partial charge in [-0.3, -0.25) is 4.98 Å². The van der Waals surface area contributed by atoms with Crippen LogP contribution in [-0.2, 0) is 5.41 Å². The van der Waals surface area contributed by atoms with E-state index in [4.69, 9.17) is 10.9 Å². The number of hydrogen-bond donors (Lipinski definition) is 2. The van der Waals surface area contributed by atoms with Crippen LogP contribution < -0.4 is 5.73 Å². The Morgan fingerprint density at radius 3 is 2.43 bits per heavy atom. The summed E-state index contributed by atoms with van der Waals surface area (Å²) in [6.45, 7) is 6.56. The van der Waals surface area contributed by atoms with E-state index >= 15 is 0 Å². The highest BCUT2D eigenvalue weighted by Gasteiger charge is 2.14. The highest BCUT2D eigenvalue weighted by atomic mass is 32.2. The maximum Gasteiger partial charge on any atom is 0.189 e. The molecule has 0 radical (unpaired) electrons. The molecule has 3 N–H and O–H groups in total. The van der Waals surface area contributed by atoms with Gasteiger partial charge >= 0.3 is 0 Å². The van der Waals surface area contributed by atoms with Crippen LogP contribution in [0.5, 0.6) is 0 Å². The van der Waals surface area contributed by atoms with Crippen molar-refractivity contribution in [2.45, 2.75) is 36.0 Å². The van der Waals surface area contributed by atoms with E-state index < -0.39 is 0 Å². The monoisotopic (exact) mass is 301 g/mol. The van der Waals surface area contributed by atoms with Crippen LogP contribution in [0.25, 0.3) is 0 Å². The van der Waals surface area contributed by atoms with Gasteiger partial charge in [0.25, 0.3) is 0 Å². The summed E-state index contributed by atoms with van der Waals surface area (Å²) >= 11 is 1.54. The largest absolute Gasteiger partial charge is 0.409 e. The third-order valence-electron chi connectivity index (χ3n) is 3.07. The number of rotatable bonds is 3. The molecule has 2 aromatic rings. The first-order chi connectivity index (χ1) is 9.91. The summed E-state index contributed by atoms with van der Waals surface area (Å²) in [6.07, 6.45) is 1.63. The first-order valence-corrected chi connectivity index (χ1v) is 7.45. The average molecular weight is 301 g/mol. The van der Waals surface area contributed by atoms with Gasteiger partial charge in [0, 0.05) is 16.0 Å². The summed E-state index contributed by atoms with van der Waals surface area (Å²) in [5, 5.41) is 11.8. The van der Waals surface area contributed by atoms with Crippen molar-refractivity contribution in [3.8, 4) is 0 Å². The predicted octanol–water partition coefficient (Wildman–Crippen LogP) is 3.62. The van der Waals surface area contributed by atoms with E-state index in [0.29, 0.717) is 5.69 Å². The van der Waals surface area contributed by atoms with Crippen molar-refractivity contribution in [1.82, 2.24) is 4.98 Å². The molecule has 21 heavy (non-hydrogen) atoms. The number of nitrogens with two attached hydrogens (primary N) is 1. The van der Waals surface area contributed by atoms with Crippen molar-refractivity contribution >= 4 is 17.6 Å². The zero-order valence-corrected chi connectivity index (χ0v) is 13.2. The lowest BCUT2D eigenvalue weighted by atomic mass is 9.87. The van der Waals surface area contributed by atoms with Crippen LogP contribution in [0, 0.1) is 0 Å². The summed E-state index contributed by atoms with van der Waals surface area (Å²) in [7, 11) is 0. The minimum absolute atomic E-state index is 0.0180. The molecule has 0 spiro atoms. The summed E-state index contributed by atoms with van der Waals surface area (Å²) in [6, 6.07) is 12.1. The molecule has 0 aliphatic heterocycles. The van der Waals surface area contributed by atoms with Crippen molar-refractivity contribution < 1.29 is 5.21 Å². The molecule has 0 aliphatic rings. The second kappa shape index (κ2) is 6.18. The molecule has 1 heterocycles. The summed E-state index contributed by atoms with van der Waals surface area (Å²) < 4.78 is 0. The lowest BCUT2D eigenvalue weighted by Crippen LogP contribution is -2.16. The van der Waals surface area contributed by atoms with Gasteiger partial charge in [-0.2, -0.15) is 0 Å². The van der Waals surface area contributed by atoms with E-state index in [-0.39, 0.29) is 11.3 Å². The fraction of sp³-hybridized carbons (Fsp3) is 0.250. The average Bonchev–Trinajstić information content (AvgIpc) is 2.46. The lowest BCUT2D eigenvalue weighted by Gasteiger charge is -2.19. The van der Waals surface area contributed by atoms with Gasteiger partial charge < -0.3 is 10.9 Å². The number of amidine groups is 1. The van der Waals surface area contributed by atoms with E-state index in [1.54, 1.807) is 18.0 Å². The Labute approximate surface area is 129 Å². The fourth-order valence-electron chi connectivity index (χ4n) is 1.86. The van der Waals surface area contributed by atoms with E-state index in [9.17, 15) is 0 Å². The molecule has 0 amide bonds. The van der Waals surface area contributed by atoms with Gasteiger partial charge in [-0.05, 0) is 35.2 Å². The number of benzene rings is 1. The zero-order chi connectivity index (χ0) is 15.5. The smallest absolute Gasteiger partial charge is 0.189 e. The number of nitrogens with zero attached hydrogens (tertiary/aromatic N) is 2. The van der Waals surface area contributed by atoms with E-state index in [0.717, 1.165) is 9.79 Å². The molecule has 2 rings (SSSR count). The lowest BCUT2D eigenvalue weighted by molar-refractivity contribution is 0.318. The van der Waals surface area contributed by atoms with Gasteiger partial charge in [0.1, 0.15) is 5.69 Å². The minimum Gasteiger partial charge on any atom is -0.409 e. The minimum atomic E-state index is 0.0180. The van der Waals surface area contributed by atoms with Crippen molar-refractivity contribution in [2.24, 2.45) is 10.9 Å². The Hall–Kier alpha value is -2.01. The molecule has 5 heteroatoms. The molecule has 0 bridgehead atoms. The number of pyridine rings is 1. The van der Waals surface area contributed by atoms with E-state index in [1.165, 1.54) is 5.56 Å². The van der Waals surface area contributed by atoms with E-state index in [1.807, 2.05) is 12.1 Å². The molecule has 0 atom stereocenters. The molecule has 0 saturated heterocycles. The molecule has 0 unspecified atom stereocenters. The summed E-state index contributed by atoms with van der Waals surface area (Å²) in [5.41, 5.74) is 7.57. The summed E-state index contributed by atoms with van der Waals surface area (Å²) in [4.78, 5) is 6.11. The van der Waals surface area contributed by atoms with Gasteiger partial charge in [-0.25, -0.2) is 0 Å². The first kappa shape index (κ1) is 15.4. The summed E-state index contributed by atoms with van der Waals surface area (Å²) in [5.74, 6) is 0.0180. The van der Waals surface area contributed by atoms with Crippen molar-refractivity contribution in [2.75, 3.05) is 0 Å². The molecule has 0 saturated carbocycles. The molecule has 1 aromatic heterocycles. The Morgan fingerprint density at radius 2 is 1.86 bits per heavy atom. The van der Waals surface area contributed by atoms with Crippen molar-refractivity contribution in [3.63, 3.8) is 0 Å². The normalized spacial score (nSPS) is 12.4. The second-order valence-electron chi connectivity index (χ2n) is 5.71. The highest BCUT2D eigenvalue weighted by Crippen LogP contribution is 2.31. The molecular formula is C16H19N3OS. The Kier molecular flexibility index (Phi) is 4.53. The molecular weight excluding hydrogens is 282 g/mol. The van der Waals surface area contributed by atoms with Gasteiger partial charge in [0.05, 0.1) is 0 Å². The molecule has 4 nitrogen and oxygen atoms in total. The maximum absolute atomic E-state index is 8.82. The molecule has 0 aliphatic carbocycles. The highest BCUT2D eigenvalue weighted by molar-refractivity contribution is 7.99. The van der Waals surface area contributed by atoms with Crippen molar-refractivity contribution in [3.05, 3.63) is 53.9 Å². The first-order valence-electron chi connectivity index (χ1n) is 6.63. The SMILES string of the molecule is CC(C)(C)c1ccc(Sc2cccnc2/C(N)=N/O)cc1. The second-order valence-corrected chi connectivity index (χ2v) is 6.83. The van der Waals surface area contributed by atoms with Crippen LogP contribution in [0.3, 0.4) is 0 Å². The molecule has 1 aromatic carbocycles. The van der Waals surface area contributed by atoms with Crippen LogP contribution in [0.1, 0.15) is 32.0 Å². The van der Waals surface area contributed by atoms with Crippen LogP contribution in [0.15, 0.2) is 57.5 Å². The van der Waals surface area contributed by atoms with Crippen LogP contribution in [0.4, 0.5) is 0 Å². The van der Waals surface area contributed by atoms with Gasteiger partial charge in [0.15, 0.2) is 5.84 Å². The van der Waals surface area contributed by atoms with Crippen LogP contribution in [0.2, 0.25) is 0 Å². The zero-order valence-electron chi connectivity index (χ0n) is 12.4. The Balaban J connectivity index is 2.27. The topological polar surface area (TPSA) is 71.5 Å². The van der Waals surface area contributed by atoms with E-state index in [2.05, 4.69) is 55.2 Å². The maximum atomic E-state index is 8.82. The van der Waals surface area contributed by atoms with Crippen LogP contribution >= 0.6 is 11.8 Å². The third-order valence-corrected chi connectivity index (χ3v) is 4.13. The Bertz CT molecular complexity index is 645.